The number of halogens is 1. The summed E-state index contributed by atoms with van der Waals surface area (Å²) in [4.78, 5) is 10.1. The van der Waals surface area contributed by atoms with Gasteiger partial charge in [-0.3, -0.25) is 10.1 Å². The minimum absolute atomic E-state index is 0.0217. The molecule has 0 saturated carbocycles. The number of nitro groups is 1. The molecule has 0 bridgehead atoms. The third kappa shape index (κ3) is 3.09. The predicted molar refractivity (Wildman–Crippen MR) is 58.4 cm³/mol. The van der Waals surface area contributed by atoms with Crippen molar-refractivity contribution in [1.82, 2.24) is 0 Å². The maximum atomic E-state index is 10.5. The molecule has 0 fully saturated rings. The third-order valence-corrected chi connectivity index (χ3v) is 2.05. The van der Waals surface area contributed by atoms with Crippen molar-refractivity contribution >= 4 is 17.3 Å². The van der Waals surface area contributed by atoms with Crippen LogP contribution in [0.2, 0.25) is 0 Å². The smallest absolute Gasteiger partial charge is 0.270 e. The van der Waals surface area contributed by atoms with Crippen LogP contribution in [0.4, 0.5) is 5.69 Å². The van der Waals surface area contributed by atoms with Crippen molar-refractivity contribution in [2.45, 2.75) is 25.8 Å². The van der Waals surface area contributed by atoms with Gasteiger partial charge in [0.2, 0.25) is 0 Å². The van der Waals surface area contributed by atoms with Gasteiger partial charge < -0.3 is 4.74 Å². The Bertz CT molecular complexity index is 366. The normalized spacial score (nSPS) is 10.4. The van der Waals surface area contributed by atoms with E-state index in [0.717, 1.165) is 0 Å². The van der Waals surface area contributed by atoms with E-state index < -0.39 is 4.92 Å². The molecule has 1 rings (SSSR count). The fraction of sp³-hybridized carbons (Fsp3) is 0.400. The molecule has 0 aliphatic carbocycles. The number of ether oxygens (including phenoxy) is 1. The van der Waals surface area contributed by atoms with Gasteiger partial charge in [0.1, 0.15) is 5.75 Å². The molecule has 0 radical (unpaired) electrons. The summed E-state index contributed by atoms with van der Waals surface area (Å²) in [6, 6.07) is 4.42. The van der Waals surface area contributed by atoms with Gasteiger partial charge in [0.25, 0.3) is 5.69 Å². The molecule has 0 aliphatic heterocycles. The molecule has 1 aromatic carbocycles. The fourth-order valence-corrected chi connectivity index (χ4v) is 1.36. The monoisotopic (exact) mass is 229 g/mol. The molecule has 0 N–H and O–H groups in total. The Morgan fingerprint density at radius 2 is 2.20 bits per heavy atom. The number of alkyl halides is 1. The first-order valence-electron chi connectivity index (χ1n) is 4.54. The second-order valence-electron chi connectivity index (χ2n) is 3.35. The van der Waals surface area contributed by atoms with Crippen LogP contribution in [-0.4, -0.2) is 11.0 Å². The molecule has 0 atom stereocenters. The summed E-state index contributed by atoms with van der Waals surface area (Å²) in [5.74, 6) is 0.801. The van der Waals surface area contributed by atoms with Crippen molar-refractivity contribution in [3.63, 3.8) is 0 Å². The molecule has 0 unspecified atom stereocenters. The number of non-ortho nitro benzene ring substituents is 1. The molecule has 82 valence electrons. The summed E-state index contributed by atoms with van der Waals surface area (Å²) in [6.45, 7) is 3.78. The Morgan fingerprint density at radius 1 is 1.53 bits per heavy atom. The first kappa shape index (κ1) is 11.8. The summed E-state index contributed by atoms with van der Waals surface area (Å²) < 4.78 is 5.46. The van der Waals surface area contributed by atoms with Crippen LogP contribution in [-0.2, 0) is 5.88 Å². The van der Waals surface area contributed by atoms with Crippen molar-refractivity contribution in [3.05, 3.63) is 33.9 Å². The zero-order valence-electron chi connectivity index (χ0n) is 8.57. The van der Waals surface area contributed by atoms with Gasteiger partial charge in [0.15, 0.2) is 0 Å². The Labute approximate surface area is 93.0 Å². The number of nitrogens with zero attached hydrogens (tertiary/aromatic N) is 1. The SMILES string of the molecule is CC(C)Oc1ccc([N+](=O)[O-])cc1CCl. The highest BCUT2D eigenvalue weighted by Gasteiger charge is 2.11. The van der Waals surface area contributed by atoms with Crippen molar-refractivity contribution in [2.75, 3.05) is 0 Å². The number of hydrogen-bond donors (Lipinski definition) is 0. The molecular weight excluding hydrogens is 218 g/mol. The maximum absolute atomic E-state index is 10.5. The Kier molecular flexibility index (Phi) is 3.91. The Hall–Kier alpha value is -1.29. The molecule has 0 amide bonds. The standard InChI is InChI=1S/C10H12ClNO3/c1-7(2)15-10-4-3-9(12(13)14)5-8(10)6-11/h3-5,7H,6H2,1-2H3. The van der Waals surface area contributed by atoms with Crippen molar-refractivity contribution < 1.29 is 9.66 Å². The van der Waals surface area contributed by atoms with E-state index in [2.05, 4.69) is 0 Å². The minimum Gasteiger partial charge on any atom is -0.491 e. The van der Waals surface area contributed by atoms with E-state index in [-0.39, 0.29) is 17.7 Å². The predicted octanol–water partition coefficient (Wildman–Crippen LogP) is 3.12. The zero-order valence-corrected chi connectivity index (χ0v) is 9.32. The van der Waals surface area contributed by atoms with Crippen LogP contribution < -0.4 is 4.74 Å². The van der Waals surface area contributed by atoms with Crippen LogP contribution in [0.5, 0.6) is 5.75 Å². The van der Waals surface area contributed by atoms with Crippen LogP contribution >= 0.6 is 11.6 Å². The van der Waals surface area contributed by atoms with Crippen molar-refractivity contribution in [1.29, 1.82) is 0 Å². The first-order chi connectivity index (χ1) is 7.04. The summed E-state index contributed by atoms with van der Waals surface area (Å²) in [7, 11) is 0. The van der Waals surface area contributed by atoms with E-state index in [1.54, 1.807) is 6.07 Å². The minimum atomic E-state index is -0.449. The third-order valence-electron chi connectivity index (χ3n) is 1.76. The summed E-state index contributed by atoms with van der Waals surface area (Å²) in [6.07, 6.45) is 0.0217. The second-order valence-corrected chi connectivity index (χ2v) is 3.62. The highest BCUT2D eigenvalue weighted by atomic mass is 35.5. The number of hydrogen-bond acceptors (Lipinski definition) is 3. The summed E-state index contributed by atoms with van der Waals surface area (Å²) >= 11 is 5.69. The van der Waals surface area contributed by atoms with E-state index in [1.165, 1.54) is 12.1 Å². The van der Waals surface area contributed by atoms with Crippen LogP contribution in [0.25, 0.3) is 0 Å². The van der Waals surface area contributed by atoms with Gasteiger partial charge in [-0.15, -0.1) is 11.6 Å². The number of benzene rings is 1. The lowest BCUT2D eigenvalue weighted by Gasteiger charge is -2.12. The number of rotatable bonds is 4. The molecule has 5 heteroatoms. The largest absolute Gasteiger partial charge is 0.491 e. The Morgan fingerprint density at radius 3 is 2.67 bits per heavy atom. The van der Waals surface area contributed by atoms with E-state index >= 15 is 0 Å². The van der Waals surface area contributed by atoms with Gasteiger partial charge in [0.05, 0.1) is 16.9 Å². The molecule has 0 aromatic heterocycles. The topological polar surface area (TPSA) is 52.4 Å². The van der Waals surface area contributed by atoms with Crippen LogP contribution in [0.15, 0.2) is 18.2 Å². The summed E-state index contributed by atoms with van der Waals surface area (Å²) in [5.41, 5.74) is 0.668. The molecule has 0 saturated heterocycles. The summed E-state index contributed by atoms with van der Waals surface area (Å²) in [5, 5.41) is 10.5. The maximum Gasteiger partial charge on any atom is 0.270 e. The quantitative estimate of drug-likeness (QED) is 0.453. The van der Waals surface area contributed by atoms with Crippen molar-refractivity contribution in [3.8, 4) is 5.75 Å². The molecule has 0 aliphatic rings. The van der Waals surface area contributed by atoms with Crippen LogP contribution in [0.1, 0.15) is 19.4 Å². The molecular formula is C10H12ClNO3. The van der Waals surface area contributed by atoms with Gasteiger partial charge in [-0.2, -0.15) is 0 Å². The first-order valence-corrected chi connectivity index (χ1v) is 5.08. The van der Waals surface area contributed by atoms with Gasteiger partial charge >= 0.3 is 0 Å². The molecule has 15 heavy (non-hydrogen) atoms. The fourth-order valence-electron chi connectivity index (χ4n) is 1.15. The zero-order chi connectivity index (χ0) is 11.4. The average Bonchev–Trinajstić information content (AvgIpc) is 2.17. The van der Waals surface area contributed by atoms with Gasteiger partial charge in [-0.1, -0.05) is 0 Å². The van der Waals surface area contributed by atoms with E-state index in [9.17, 15) is 10.1 Å². The van der Waals surface area contributed by atoms with E-state index in [0.29, 0.717) is 11.3 Å². The van der Waals surface area contributed by atoms with Crippen LogP contribution in [0, 0.1) is 10.1 Å². The van der Waals surface area contributed by atoms with Crippen molar-refractivity contribution in [2.24, 2.45) is 0 Å². The highest BCUT2D eigenvalue weighted by Crippen LogP contribution is 2.26. The lowest BCUT2D eigenvalue weighted by Crippen LogP contribution is -2.07. The molecule has 0 spiro atoms. The van der Waals surface area contributed by atoms with Gasteiger partial charge in [-0.25, -0.2) is 0 Å². The van der Waals surface area contributed by atoms with E-state index in [1.807, 2.05) is 13.8 Å². The number of nitro benzene ring substituents is 1. The van der Waals surface area contributed by atoms with E-state index in [4.69, 9.17) is 16.3 Å². The average molecular weight is 230 g/mol. The molecule has 4 nitrogen and oxygen atoms in total. The highest BCUT2D eigenvalue weighted by molar-refractivity contribution is 6.17. The lowest BCUT2D eigenvalue weighted by molar-refractivity contribution is -0.384. The molecule has 0 heterocycles. The lowest BCUT2D eigenvalue weighted by atomic mass is 10.2. The molecule has 1 aromatic rings. The Balaban J connectivity index is 3.03. The van der Waals surface area contributed by atoms with Crippen LogP contribution in [0.3, 0.4) is 0 Å². The van der Waals surface area contributed by atoms with Gasteiger partial charge in [-0.05, 0) is 19.9 Å². The van der Waals surface area contributed by atoms with Gasteiger partial charge in [0, 0.05) is 17.7 Å². The second kappa shape index (κ2) is 4.98.